The van der Waals surface area contributed by atoms with Crippen LogP contribution in [0.15, 0.2) is 53.5 Å². The zero-order valence-electron chi connectivity index (χ0n) is 11.4. The van der Waals surface area contributed by atoms with Crippen LogP contribution in [0.25, 0.3) is 22.6 Å². The number of aromatic nitrogens is 2. The minimum Gasteiger partial charge on any atom is -0.508 e. The molecule has 2 aromatic heterocycles. The van der Waals surface area contributed by atoms with Crippen LogP contribution >= 0.6 is 0 Å². The van der Waals surface area contributed by atoms with Crippen LogP contribution in [0.1, 0.15) is 0 Å². The number of aromatic hydroxyl groups is 1. The molecule has 0 saturated heterocycles. The van der Waals surface area contributed by atoms with Gasteiger partial charge in [-0.25, -0.2) is 4.98 Å². The van der Waals surface area contributed by atoms with E-state index in [9.17, 15) is 18.3 Å². The van der Waals surface area contributed by atoms with E-state index in [1.165, 1.54) is 30.9 Å². The largest absolute Gasteiger partial charge is 0.573 e. The summed E-state index contributed by atoms with van der Waals surface area (Å²) in [5.74, 6) is -0.365. The van der Waals surface area contributed by atoms with Gasteiger partial charge < -0.3 is 14.3 Å². The van der Waals surface area contributed by atoms with E-state index in [2.05, 4.69) is 14.7 Å². The van der Waals surface area contributed by atoms with Crippen molar-refractivity contribution in [2.75, 3.05) is 0 Å². The van der Waals surface area contributed by atoms with Gasteiger partial charge in [0.25, 0.3) is 0 Å². The van der Waals surface area contributed by atoms with Gasteiger partial charge in [0, 0.05) is 23.5 Å². The highest BCUT2D eigenvalue weighted by Gasteiger charge is 2.32. The fraction of sp³-hybridized carbons (Fsp3) is 0.0667. The number of alkyl halides is 3. The van der Waals surface area contributed by atoms with Crippen LogP contribution in [0.3, 0.4) is 0 Å². The molecular weight excluding hydrogens is 313 g/mol. The average Bonchev–Trinajstić information content (AvgIpc) is 3.02. The van der Waals surface area contributed by atoms with Gasteiger partial charge in [0.05, 0.1) is 11.8 Å². The highest BCUT2D eigenvalue weighted by atomic mass is 19.4. The van der Waals surface area contributed by atoms with Crippen molar-refractivity contribution >= 4 is 0 Å². The van der Waals surface area contributed by atoms with E-state index < -0.39 is 12.1 Å². The maximum Gasteiger partial charge on any atom is 0.573 e. The van der Waals surface area contributed by atoms with Crippen LogP contribution in [-0.2, 0) is 0 Å². The summed E-state index contributed by atoms with van der Waals surface area (Å²) in [6, 6.07) is 4.85. The number of hydrogen-bond acceptors (Lipinski definition) is 5. The van der Waals surface area contributed by atoms with Crippen LogP contribution in [0.4, 0.5) is 13.2 Å². The molecule has 2 heterocycles. The molecule has 0 aliphatic carbocycles. The molecule has 8 heteroatoms. The summed E-state index contributed by atoms with van der Waals surface area (Å²) >= 11 is 0. The second-order valence-electron chi connectivity index (χ2n) is 4.53. The summed E-state index contributed by atoms with van der Waals surface area (Å²) < 4.78 is 46.7. The number of pyridine rings is 1. The number of oxazole rings is 1. The molecule has 0 atom stereocenters. The van der Waals surface area contributed by atoms with Crippen LogP contribution in [0.2, 0.25) is 0 Å². The lowest BCUT2D eigenvalue weighted by atomic mass is 10.0. The summed E-state index contributed by atoms with van der Waals surface area (Å²) in [5, 5.41) is 9.56. The molecule has 0 bridgehead atoms. The Morgan fingerprint density at radius 1 is 1.09 bits per heavy atom. The summed E-state index contributed by atoms with van der Waals surface area (Å²) in [6.07, 6.45) is 0.773. The van der Waals surface area contributed by atoms with Crippen molar-refractivity contribution in [1.82, 2.24) is 9.97 Å². The molecule has 1 aromatic carbocycles. The van der Waals surface area contributed by atoms with E-state index in [1.54, 1.807) is 0 Å². The van der Waals surface area contributed by atoms with Gasteiger partial charge in [-0.3, -0.25) is 4.98 Å². The van der Waals surface area contributed by atoms with Gasteiger partial charge in [-0.05, 0) is 24.3 Å². The lowest BCUT2D eigenvalue weighted by Gasteiger charge is -2.14. The summed E-state index contributed by atoms with van der Waals surface area (Å²) in [6.45, 7) is 0. The number of ether oxygens (including phenoxy) is 1. The van der Waals surface area contributed by atoms with Gasteiger partial charge in [-0.15, -0.1) is 13.2 Å². The number of halogens is 3. The normalized spacial score (nSPS) is 11.4. The first-order valence-corrected chi connectivity index (χ1v) is 6.36. The van der Waals surface area contributed by atoms with Crippen molar-refractivity contribution in [2.45, 2.75) is 6.36 Å². The molecular formula is C15H9F3N2O3. The van der Waals surface area contributed by atoms with E-state index in [-0.39, 0.29) is 17.2 Å². The van der Waals surface area contributed by atoms with Crippen molar-refractivity contribution in [2.24, 2.45) is 0 Å². The predicted molar refractivity (Wildman–Crippen MR) is 73.5 cm³/mol. The Morgan fingerprint density at radius 3 is 2.57 bits per heavy atom. The van der Waals surface area contributed by atoms with E-state index in [0.29, 0.717) is 11.1 Å². The number of nitrogens with zero attached hydrogens (tertiary/aromatic N) is 2. The molecule has 0 radical (unpaired) electrons. The highest BCUT2D eigenvalue weighted by molar-refractivity contribution is 5.74. The fourth-order valence-electron chi connectivity index (χ4n) is 2.03. The zero-order valence-corrected chi connectivity index (χ0v) is 11.4. The molecule has 0 aliphatic rings. The van der Waals surface area contributed by atoms with Gasteiger partial charge >= 0.3 is 6.36 Å². The van der Waals surface area contributed by atoms with Gasteiger partial charge in [0.15, 0.2) is 0 Å². The summed E-state index contributed by atoms with van der Waals surface area (Å²) in [5.41, 5.74) is 0.841. The molecule has 5 nitrogen and oxygen atoms in total. The van der Waals surface area contributed by atoms with E-state index >= 15 is 0 Å². The van der Waals surface area contributed by atoms with Crippen LogP contribution in [0.5, 0.6) is 11.5 Å². The zero-order chi connectivity index (χ0) is 16.4. The third kappa shape index (κ3) is 3.42. The Kier molecular flexibility index (Phi) is 3.65. The molecule has 1 N–H and O–H groups in total. The number of phenolic OH excluding ortho intramolecular Hbond substituents is 1. The molecule has 23 heavy (non-hydrogen) atoms. The predicted octanol–water partition coefficient (Wildman–Crippen LogP) is 4.01. The third-order valence-corrected chi connectivity index (χ3v) is 2.92. The second kappa shape index (κ2) is 5.64. The van der Waals surface area contributed by atoms with Crippen LogP contribution in [-0.4, -0.2) is 21.4 Å². The topological polar surface area (TPSA) is 68.4 Å². The van der Waals surface area contributed by atoms with Crippen LogP contribution < -0.4 is 4.74 Å². The molecule has 0 fully saturated rings. The first-order valence-electron chi connectivity index (χ1n) is 6.36. The van der Waals surface area contributed by atoms with Crippen molar-refractivity contribution in [1.29, 1.82) is 0 Å². The highest BCUT2D eigenvalue weighted by Crippen LogP contribution is 2.37. The van der Waals surface area contributed by atoms with Gasteiger partial charge in [-0.2, -0.15) is 0 Å². The smallest absolute Gasteiger partial charge is 0.508 e. The Morgan fingerprint density at radius 2 is 1.87 bits per heavy atom. The second-order valence-corrected chi connectivity index (χ2v) is 4.53. The first-order chi connectivity index (χ1) is 10.9. The lowest BCUT2D eigenvalue weighted by molar-refractivity contribution is -0.274. The third-order valence-electron chi connectivity index (χ3n) is 2.92. The maximum atomic E-state index is 12.5. The number of phenols is 1. The lowest BCUT2D eigenvalue weighted by Crippen LogP contribution is -2.17. The van der Waals surface area contributed by atoms with Gasteiger partial charge in [0.1, 0.15) is 17.8 Å². The molecule has 0 spiro atoms. The van der Waals surface area contributed by atoms with Crippen LogP contribution in [0, 0.1) is 0 Å². The SMILES string of the molecule is Oc1ccc(OC(F)(F)F)c(-c2cncc(-c3ncco3)c2)c1. The molecule has 3 aromatic rings. The Balaban J connectivity index is 2.08. The minimum absolute atomic E-state index is 0.0447. The molecule has 118 valence electrons. The monoisotopic (exact) mass is 322 g/mol. The number of rotatable bonds is 3. The van der Waals surface area contributed by atoms with Gasteiger partial charge in [-0.1, -0.05) is 0 Å². The molecule has 0 aliphatic heterocycles. The van der Waals surface area contributed by atoms with E-state index in [0.717, 1.165) is 18.2 Å². The first kappa shape index (κ1) is 14.9. The Labute approximate surface area is 128 Å². The van der Waals surface area contributed by atoms with Gasteiger partial charge in [0.2, 0.25) is 5.89 Å². The molecule has 0 unspecified atom stereocenters. The Hall–Kier alpha value is -3.03. The standard InChI is InChI=1S/C15H9F3N2O3/c16-15(17,18)23-13-2-1-11(21)6-12(13)9-5-10(8-19-7-9)14-20-3-4-22-14/h1-8,21H. The van der Waals surface area contributed by atoms with E-state index in [1.807, 2.05) is 0 Å². The summed E-state index contributed by atoms with van der Waals surface area (Å²) in [4.78, 5) is 7.92. The average molecular weight is 322 g/mol. The van der Waals surface area contributed by atoms with E-state index in [4.69, 9.17) is 4.42 Å². The molecule has 0 saturated carbocycles. The maximum absolute atomic E-state index is 12.5. The van der Waals surface area contributed by atoms with Crippen molar-refractivity contribution in [3.63, 3.8) is 0 Å². The number of benzene rings is 1. The molecule has 3 rings (SSSR count). The van der Waals surface area contributed by atoms with Crippen molar-refractivity contribution in [3.8, 4) is 34.1 Å². The van der Waals surface area contributed by atoms with Crippen molar-refractivity contribution in [3.05, 3.63) is 49.1 Å². The fourth-order valence-corrected chi connectivity index (χ4v) is 2.03. The summed E-state index contributed by atoms with van der Waals surface area (Å²) in [7, 11) is 0. The Bertz CT molecular complexity index is 817. The minimum atomic E-state index is -4.85. The molecule has 0 amide bonds. The quantitative estimate of drug-likeness (QED) is 0.789. The number of hydrogen-bond donors (Lipinski definition) is 1. The van der Waals surface area contributed by atoms with Crippen molar-refractivity contribution < 1.29 is 27.4 Å².